The number of ketones is 1. The average Bonchev–Trinajstić information content (AvgIpc) is 3.50. The van der Waals surface area contributed by atoms with Crippen molar-refractivity contribution >= 4 is 11.9 Å². The van der Waals surface area contributed by atoms with Crippen LogP contribution < -0.4 is 9.47 Å². The quantitative estimate of drug-likeness (QED) is 0.599. The lowest BCUT2D eigenvalue weighted by atomic mass is 10.0. The average molecular weight is 350 g/mol. The van der Waals surface area contributed by atoms with Crippen molar-refractivity contribution in [1.82, 2.24) is 0 Å². The van der Waals surface area contributed by atoms with Gasteiger partial charge in [0.25, 0.3) is 0 Å². The van der Waals surface area contributed by atoms with Gasteiger partial charge in [0.1, 0.15) is 18.1 Å². The monoisotopic (exact) mass is 350 g/mol. The molecule has 136 valence electrons. The molecule has 0 saturated heterocycles. The lowest BCUT2D eigenvalue weighted by Crippen LogP contribution is -2.00. The Bertz CT molecular complexity index is 784. The Morgan fingerprint density at radius 2 is 1.88 bits per heavy atom. The van der Waals surface area contributed by atoms with Gasteiger partial charge in [0.05, 0.1) is 7.11 Å². The summed E-state index contributed by atoms with van der Waals surface area (Å²) in [5.74, 6) is 2.60. The van der Waals surface area contributed by atoms with Crippen LogP contribution in [0.15, 0.2) is 48.5 Å². The number of ether oxygens (including phenoxy) is 2. The predicted molar refractivity (Wildman–Crippen MR) is 105 cm³/mol. The summed E-state index contributed by atoms with van der Waals surface area (Å²) < 4.78 is 11.4. The van der Waals surface area contributed by atoms with Gasteiger partial charge < -0.3 is 9.47 Å². The molecule has 3 rings (SSSR count). The number of rotatable bonds is 8. The number of hydrogen-bond donors (Lipinski definition) is 0. The minimum Gasteiger partial charge on any atom is -0.496 e. The summed E-state index contributed by atoms with van der Waals surface area (Å²) >= 11 is 0. The highest BCUT2D eigenvalue weighted by Crippen LogP contribution is 2.30. The van der Waals surface area contributed by atoms with Crippen LogP contribution in [0.5, 0.6) is 11.5 Å². The van der Waals surface area contributed by atoms with Crippen molar-refractivity contribution in [2.75, 3.05) is 7.11 Å². The van der Waals surface area contributed by atoms with Crippen molar-refractivity contribution in [2.24, 2.45) is 5.92 Å². The summed E-state index contributed by atoms with van der Waals surface area (Å²) in [6.45, 7) is 4.77. The summed E-state index contributed by atoms with van der Waals surface area (Å²) in [5.41, 5.74) is 3.23. The molecule has 3 nitrogen and oxygen atoms in total. The summed E-state index contributed by atoms with van der Waals surface area (Å²) in [4.78, 5) is 11.8. The van der Waals surface area contributed by atoms with Gasteiger partial charge in [-0.15, -0.1) is 0 Å². The smallest absolute Gasteiger partial charge is 0.158 e. The van der Waals surface area contributed by atoms with Crippen molar-refractivity contribution in [3.63, 3.8) is 0 Å². The molecule has 3 heteroatoms. The lowest BCUT2D eigenvalue weighted by molar-refractivity contribution is -0.115. The molecule has 1 aliphatic carbocycles. The Balaban J connectivity index is 1.68. The highest BCUT2D eigenvalue weighted by molar-refractivity contribution is 5.96. The number of carbonyl (C=O) groups excluding carboxylic acids is 1. The second-order valence-electron chi connectivity index (χ2n) is 7.09. The maximum atomic E-state index is 11.8. The Morgan fingerprint density at radius 3 is 2.50 bits per heavy atom. The minimum absolute atomic E-state index is 0.226. The molecule has 0 N–H and O–H groups in total. The molecule has 0 atom stereocenters. The first-order chi connectivity index (χ1) is 12.6. The van der Waals surface area contributed by atoms with Crippen LogP contribution in [0, 0.1) is 5.92 Å². The Hall–Kier alpha value is -2.55. The van der Waals surface area contributed by atoms with Crippen LogP contribution in [0.4, 0.5) is 0 Å². The third-order valence-electron chi connectivity index (χ3n) is 4.67. The van der Waals surface area contributed by atoms with Crippen molar-refractivity contribution in [2.45, 2.75) is 39.2 Å². The first-order valence-corrected chi connectivity index (χ1v) is 9.18. The van der Waals surface area contributed by atoms with E-state index in [9.17, 15) is 4.79 Å². The predicted octanol–water partition coefficient (Wildman–Crippen LogP) is 5.39. The fraction of sp³-hybridized carbons (Fsp3) is 0.348. The van der Waals surface area contributed by atoms with E-state index >= 15 is 0 Å². The molecule has 0 heterocycles. The molecular formula is C23H26O3. The van der Waals surface area contributed by atoms with Gasteiger partial charge in [0, 0.05) is 11.5 Å². The molecule has 26 heavy (non-hydrogen) atoms. The first-order valence-electron chi connectivity index (χ1n) is 9.18. The van der Waals surface area contributed by atoms with Gasteiger partial charge >= 0.3 is 0 Å². The van der Waals surface area contributed by atoms with Crippen LogP contribution in [0.25, 0.3) is 6.08 Å². The van der Waals surface area contributed by atoms with E-state index in [0.717, 1.165) is 35.5 Å². The van der Waals surface area contributed by atoms with Gasteiger partial charge in [0.2, 0.25) is 0 Å². The second-order valence-corrected chi connectivity index (χ2v) is 7.09. The molecule has 1 aliphatic rings. The van der Waals surface area contributed by atoms with E-state index in [-0.39, 0.29) is 11.7 Å². The maximum Gasteiger partial charge on any atom is 0.158 e. The summed E-state index contributed by atoms with van der Waals surface area (Å²) in [6.07, 6.45) is 5.62. The molecule has 2 aromatic carbocycles. The third-order valence-corrected chi connectivity index (χ3v) is 4.67. The fourth-order valence-electron chi connectivity index (χ4n) is 2.81. The Labute approximate surface area is 155 Å². The standard InChI is InChI=1S/C23H26O3/c1-16(2)18-8-10-21(11-9-18)26-15-20-14-17(5-13-23(20)25-3)4-12-22(24)19-6-7-19/h4-5,8-14,16,19H,6-7,15H2,1-3H3/b12-4+. The van der Waals surface area contributed by atoms with Crippen molar-refractivity contribution in [3.05, 3.63) is 65.2 Å². The van der Waals surface area contributed by atoms with Crippen LogP contribution in [0.2, 0.25) is 0 Å². The summed E-state index contributed by atoms with van der Waals surface area (Å²) in [6, 6.07) is 14.1. The van der Waals surface area contributed by atoms with Crippen molar-refractivity contribution < 1.29 is 14.3 Å². The SMILES string of the molecule is COc1ccc(/C=C/C(=O)C2CC2)cc1COc1ccc(C(C)C)cc1. The van der Waals surface area contributed by atoms with Gasteiger partial charge in [-0.05, 0) is 60.2 Å². The molecule has 1 saturated carbocycles. The first kappa shape index (κ1) is 18.2. The van der Waals surface area contributed by atoms with Crippen LogP contribution in [-0.2, 0) is 11.4 Å². The van der Waals surface area contributed by atoms with Gasteiger partial charge in [-0.3, -0.25) is 4.79 Å². The van der Waals surface area contributed by atoms with Crippen LogP contribution in [-0.4, -0.2) is 12.9 Å². The van der Waals surface area contributed by atoms with E-state index in [2.05, 4.69) is 26.0 Å². The van der Waals surface area contributed by atoms with Gasteiger partial charge in [-0.2, -0.15) is 0 Å². The summed E-state index contributed by atoms with van der Waals surface area (Å²) in [5, 5.41) is 0. The van der Waals surface area contributed by atoms with Crippen molar-refractivity contribution in [3.8, 4) is 11.5 Å². The van der Waals surface area contributed by atoms with E-state index in [1.54, 1.807) is 13.2 Å². The molecule has 0 spiro atoms. The van der Waals surface area contributed by atoms with Crippen LogP contribution >= 0.6 is 0 Å². The number of methoxy groups -OCH3 is 1. The van der Waals surface area contributed by atoms with E-state index in [1.807, 2.05) is 36.4 Å². The summed E-state index contributed by atoms with van der Waals surface area (Å²) in [7, 11) is 1.66. The second kappa shape index (κ2) is 8.22. The zero-order valence-corrected chi connectivity index (χ0v) is 15.7. The molecule has 2 aromatic rings. The molecule has 0 unspecified atom stereocenters. The molecular weight excluding hydrogens is 324 g/mol. The van der Waals surface area contributed by atoms with Crippen LogP contribution in [0.1, 0.15) is 49.3 Å². The molecule has 0 aliphatic heterocycles. The highest BCUT2D eigenvalue weighted by Gasteiger charge is 2.27. The van der Waals surface area contributed by atoms with Gasteiger partial charge in [-0.1, -0.05) is 38.1 Å². The van der Waals surface area contributed by atoms with E-state index in [4.69, 9.17) is 9.47 Å². The maximum absolute atomic E-state index is 11.8. The third kappa shape index (κ3) is 4.75. The van der Waals surface area contributed by atoms with E-state index in [1.165, 1.54) is 5.56 Å². The Morgan fingerprint density at radius 1 is 1.15 bits per heavy atom. The molecule has 1 fully saturated rings. The largest absolute Gasteiger partial charge is 0.496 e. The van der Waals surface area contributed by atoms with E-state index in [0.29, 0.717) is 12.5 Å². The van der Waals surface area contributed by atoms with Crippen LogP contribution in [0.3, 0.4) is 0 Å². The number of carbonyl (C=O) groups is 1. The molecule has 0 aromatic heterocycles. The normalized spacial score (nSPS) is 14.0. The van der Waals surface area contributed by atoms with E-state index < -0.39 is 0 Å². The topological polar surface area (TPSA) is 35.5 Å². The van der Waals surface area contributed by atoms with Gasteiger partial charge in [0.15, 0.2) is 5.78 Å². The molecule has 0 bridgehead atoms. The Kier molecular flexibility index (Phi) is 5.77. The van der Waals surface area contributed by atoms with Gasteiger partial charge in [-0.25, -0.2) is 0 Å². The number of hydrogen-bond acceptors (Lipinski definition) is 3. The number of benzene rings is 2. The molecule has 0 amide bonds. The minimum atomic E-state index is 0.226. The lowest BCUT2D eigenvalue weighted by Gasteiger charge is -2.12. The zero-order chi connectivity index (χ0) is 18.5. The molecule has 0 radical (unpaired) electrons. The fourth-order valence-corrected chi connectivity index (χ4v) is 2.81. The van der Waals surface area contributed by atoms with Crippen molar-refractivity contribution in [1.29, 1.82) is 0 Å². The highest BCUT2D eigenvalue weighted by atomic mass is 16.5. The number of allylic oxidation sites excluding steroid dienone is 1. The zero-order valence-electron chi connectivity index (χ0n) is 15.7.